The van der Waals surface area contributed by atoms with Gasteiger partial charge in [0.15, 0.2) is 0 Å². The molecule has 38 heteroatoms. The van der Waals surface area contributed by atoms with Crippen LogP contribution < -0.4 is 72.0 Å². The highest BCUT2D eigenvalue weighted by molar-refractivity contribution is 7.12. The average Bonchev–Trinajstić information content (AvgIpc) is 1.32. The lowest BCUT2D eigenvalue weighted by Gasteiger charge is -2.26. The molecule has 638 valence electrons. The van der Waals surface area contributed by atoms with Crippen LogP contribution >= 0.6 is 11.3 Å². The van der Waals surface area contributed by atoms with Crippen molar-refractivity contribution in [2.24, 2.45) is 5.73 Å². The van der Waals surface area contributed by atoms with Gasteiger partial charge in [0, 0.05) is 70.6 Å². The summed E-state index contributed by atoms with van der Waals surface area (Å²) in [5, 5.41) is 18.5. The van der Waals surface area contributed by atoms with Crippen LogP contribution in [0.25, 0.3) is 0 Å². The fraction of sp³-hybridized carbons (Fsp3) is 0.253. The molecule has 10 N–H and O–H groups in total. The van der Waals surface area contributed by atoms with E-state index in [1.807, 2.05) is 42.6 Å². The van der Waals surface area contributed by atoms with Crippen molar-refractivity contribution in [1.82, 2.24) is 67.1 Å². The number of rotatable bonds is 14. The number of para-hydroxylation sites is 1. The van der Waals surface area contributed by atoms with Crippen molar-refractivity contribution in [2.45, 2.75) is 86.2 Å². The molecule has 17 rings (SSSR count). The second kappa shape index (κ2) is 33.9. The number of methoxy groups -OCH3 is 4. The van der Waals surface area contributed by atoms with Crippen molar-refractivity contribution in [3.8, 4) is 76.1 Å². The Kier molecular flexibility index (Phi) is 23.3. The number of hydrogen-bond donors (Lipinski definition) is 9. The number of carbonyl (C=O) groups excluding carboxylic acids is 12. The van der Waals surface area contributed by atoms with Gasteiger partial charge in [0.05, 0.1) is 81.9 Å². The largest absolute Gasteiger partial charge is 0.573 e. The molecule has 4 atom stereocenters. The van der Waals surface area contributed by atoms with Crippen LogP contribution in [0.1, 0.15) is 114 Å². The smallest absolute Gasteiger partial charge is 0.497 e. The number of ether oxygens (including phenoxy) is 5. The minimum Gasteiger partial charge on any atom is -0.497 e. The number of benzene rings is 6. The minimum absolute atomic E-state index is 0.0439. The number of nitrogens with zero attached hydrogens (tertiary/aromatic N) is 5. The van der Waals surface area contributed by atoms with E-state index in [4.69, 9.17) is 24.7 Å². The monoisotopic (exact) mass is 1730 g/mol. The first kappa shape index (κ1) is 86.0. The Hall–Kier alpha value is -15.4. The third kappa shape index (κ3) is 18.3. The zero-order chi connectivity index (χ0) is 89.3. The lowest BCUT2D eigenvalue weighted by Crippen LogP contribution is -2.54. The lowest BCUT2D eigenvalue weighted by molar-refractivity contribution is -0.274. The first-order chi connectivity index (χ1) is 59.4. The molecule has 8 aliphatic heterocycles. The van der Waals surface area contributed by atoms with Crippen molar-refractivity contribution < 1.29 is 108 Å². The van der Waals surface area contributed by atoms with E-state index in [-0.39, 0.29) is 67.7 Å². The molecule has 125 heavy (non-hydrogen) atoms. The summed E-state index contributed by atoms with van der Waals surface area (Å²) < 4.78 is 103. The SMILES string of the molecule is COc1ccc2c(c1)C(=O)N(C[C@@]1(C#Cc3ccc(C)s3)NC(=O)NC1=O)C2.COc1ccc2c(c1)C(=O)N(C[C@@]1(C#Cc3ccc(C4(N)CC4)nc3)NC(=O)NC1=O)C2.COc1ccc2c(c1)C(=O)N(C[C@@]1(C#Cc3ccccc3C(F)(F)F)NC(=O)NC1=O)C2.COc1ccc2c(c1)C(=O)N(C[C@@]1(C#Cc3ccccc3OC(F)(F)F)NC(=O)NC1=O)C2. The van der Waals surface area contributed by atoms with E-state index in [0.29, 0.717) is 75.0 Å². The van der Waals surface area contributed by atoms with Crippen molar-refractivity contribution in [3.05, 3.63) is 234 Å². The fourth-order valence-electron chi connectivity index (χ4n) is 14.4. The summed E-state index contributed by atoms with van der Waals surface area (Å²) in [7, 11) is 5.98. The van der Waals surface area contributed by atoms with Gasteiger partial charge >= 0.3 is 36.7 Å². The van der Waals surface area contributed by atoms with Crippen molar-refractivity contribution in [1.29, 1.82) is 0 Å². The lowest BCUT2D eigenvalue weighted by atomic mass is 9.98. The average molecular weight is 1730 g/mol. The molecular weight excluding hydrogens is 1660 g/mol. The molecule has 1 saturated carbocycles. The Labute approximate surface area is 710 Å². The molecule has 6 aromatic carbocycles. The van der Waals surface area contributed by atoms with Gasteiger partial charge in [0.2, 0.25) is 22.2 Å². The Morgan fingerprint density at radius 3 is 1.10 bits per heavy atom. The molecule has 0 spiro atoms. The molecule has 9 aliphatic rings. The first-order valence-corrected chi connectivity index (χ1v) is 38.6. The van der Waals surface area contributed by atoms with Gasteiger partial charge in [-0.1, -0.05) is 95.9 Å². The molecule has 2 aromatic heterocycles. The maximum atomic E-state index is 13.3. The van der Waals surface area contributed by atoms with Crippen molar-refractivity contribution in [2.75, 3.05) is 54.6 Å². The summed E-state index contributed by atoms with van der Waals surface area (Å²) in [5.74, 6) is 19.0. The number of carbonyl (C=O) groups is 12. The molecule has 0 bridgehead atoms. The predicted molar refractivity (Wildman–Crippen MR) is 429 cm³/mol. The molecule has 8 aromatic rings. The van der Waals surface area contributed by atoms with E-state index in [1.165, 1.54) is 95.8 Å². The number of nitrogens with two attached hydrogens (primary N) is 1. The highest BCUT2D eigenvalue weighted by Gasteiger charge is 2.53. The van der Waals surface area contributed by atoms with Gasteiger partial charge in [-0.3, -0.25) is 64.6 Å². The number of amides is 16. The van der Waals surface area contributed by atoms with Crippen LogP contribution in [0.15, 0.2) is 152 Å². The van der Waals surface area contributed by atoms with Gasteiger partial charge in [-0.15, -0.1) is 24.5 Å². The van der Waals surface area contributed by atoms with E-state index < -0.39 is 106 Å². The number of urea groups is 4. The summed E-state index contributed by atoms with van der Waals surface area (Å²) in [4.78, 5) is 161. The van der Waals surface area contributed by atoms with E-state index in [9.17, 15) is 83.9 Å². The summed E-state index contributed by atoms with van der Waals surface area (Å²) in [6.45, 7) is 2.09. The Morgan fingerprint density at radius 2 is 0.784 bits per heavy atom. The summed E-state index contributed by atoms with van der Waals surface area (Å²) in [5.41, 5.74) is 3.72. The molecule has 5 fully saturated rings. The summed E-state index contributed by atoms with van der Waals surface area (Å²) in [6, 6.07) is 34.7. The summed E-state index contributed by atoms with van der Waals surface area (Å²) in [6.07, 6.45) is -6.19. The third-order valence-electron chi connectivity index (χ3n) is 21.1. The van der Waals surface area contributed by atoms with Crippen LogP contribution in [-0.4, -0.2) is 179 Å². The standard InChI is InChI=1S/C23H21N5O4.C22H16F3N3O5.C22H16F3N3O4.C20H17N3O4S/c1-32-16-4-3-15-12-28(19(29)17(15)10-16)13-23(20(30)26-21(31)27-23)7-6-14-2-5-18(25-11-14)22(24)8-9-22;1-32-15-7-6-14-11-28(18(29)16(14)10-15)12-21(19(30)26-20(31)27-21)9-8-13-4-2-3-5-17(13)33-22(23,24)25;1-32-15-7-6-14-11-28(18(29)16(14)10-15)12-21(19(30)26-20(31)27-21)9-8-13-4-2-3-5-17(13)22(23,24)25;1-12-3-6-15(28-12)7-8-20(18(25)21-19(26)22-20)11-23-10-13-4-5-14(27-2)9-16(13)17(23)24/h2-5,10-11H,8-9,12-13,24H2,1H3,(H2,26,27,30,31);2-7,10H,11-12H2,1H3,(H2,26,27,30,31);2-7,10H,11-12H2,1H3,(H2,26,27,30,31);3-6,9H,10-11H2,1-2H3,(H2,21,22,25,26)/t23-;2*21-;20-/m1111/s1. The maximum absolute atomic E-state index is 13.3. The van der Waals surface area contributed by atoms with Crippen LogP contribution in [0.3, 0.4) is 0 Å². The van der Waals surface area contributed by atoms with E-state index in [1.54, 1.807) is 72.9 Å². The molecule has 1 aliphatic carbocycles. The molecule has 4 saturated heterocycles. The van der Waals surface area contributed by atoms with Gasteiger partial charge in [-0.25, -0.2) is 19.2 Å². The number of hydrogen-bond acceptors (Lipinski definition) is 20. The zero-order valence-corrected chi connectivity index (χ0v) is 67.3. The Morgan fingerprint density at radius 1 is 0.432 bits per heavy atom. The normalized spacial score (nSPS) is 20.5. The van der Waals surface area contributed by atoms with Crippen LogP contribution in [0.2, 0.25) is 0 Å². The van der Waals surface area contributed by atoms with Gasteiger partial charge < -0.3 is 70.3 Å². The summed E-state index contributed by atoms with van der Waals surface area (Å²) >= 11 is 1.50. The number of pyridine rings is 1. The van der Waals surface area contributed by atoms with Crippen LogP contribution in [-0.2, 0) is 57.1 Å². The second-order valence-corrected chi connectivity index (χ2v) is 30.9. The van der Waals surface area contributed by atoms with Crippen LogP contribution in [0.5, 0.6) is 28.7 Å². The highest BCUT2D eigenvalue weighted by atomic mass is 32.1. The van der Waals surface area contributed by atoms with Gasteiger partial charge in [-0.05, 0) is 139 Å². The van der Waals surface area contributed by atoms with Gasteiger partial charge in [-0.2, -0.15) is 13.2 Å². The number of fused-ring (bicyclic) bond motifs is 4. The number of aryl methyl sites for hydroxylation is 1. The topological polar surface area (TPSA) is 399 Å². The second-order valence-electron chi connectivity index (χ2n) is 29.6. The van der Waals surface area contributed by atoms with Crippen LogP contribution in [0, 0.1) is 54.3 Å². The predicted octanol–water partition coefficient (Wildman–Crippen LogP) is 6.75. The zero-order valence-electron chi connectivity index (χ0n) is 66.4. The fourth-order valence-corrected chi connectivity index (χ4v) is 15.1. The molecule has 16 amide bonds. The van der Waals surface area contributed by atoms with Crippen LogP contribution in [0.4, 0.5) is 45.5 Å². The maximum Gasteiger partial charge on any atom is 0.573 e. The first-order valence-electron chi connectivity index (χ1n) is 37.8. The van der Waals surface area contributed by atoms with Gasteiger partial charge in [0.25, 0.3) is 47.3 Å². The quantitative estimate of drug-likeness (QED) is 0.0308. The van der Waals surface area contributed by atoms with E-state index in [0.717, 1.165) is 51.5 Å². The molecule has 31 nitrogen and oxygen atoms in total. The molecule has 0 unspecified atom stereocenters. The van der Waals surface area contributed by atoms with Crippen molar-refractivity contribution >= 4 is 82.7 Å². The van der Waals surface area contributed by atoms with Gasteiger partial charge in [0.1, 0.15) is 28.7 Å². The molecular formula is C87H70F6N14O17S. The number of halogens is 6. The minimum atomic E-state index is -4.94. The highest BCUT2D eigenvalue weighted by Crippen LogP contribution is 2.42. The van der Waals surface area contributed by atoms with E-state index >= 15 is 0 Å². The number of thiophene rings is 1. The van der Waals surface area contributed by atoms with Crippen molar-refractivity contribution in [3.63, 3.8) is 0 Å². The Bertz CT molecular complexity index is 6170. The number of alkyl halides is 6. The number of nitrogens with one attached hydrogen (secondary N) is 8. The van der Waals surface area contributed by atoms with E-state index in [2.05, 4.69) is 94.3 Å². The Balaban J connectivity index is 0.000000136. The third-order valence-corrected chi connectivity index (χ3v) is 22.0. The molecule has 0 radical (unpaired) electrons. The number of aromatic nitrogens is 1. The molecule has 10 heterocycles. The number of imide groups is 4.